The molecule has 2 aromatic rings. The van der Waals surface area contributed by atoms with Crippen molar-refractivity contribution in [1.82, 2.24) is 4.98 Å². The van der Waals surface area contributed by atoms with Crippen molar-refractivity contribution in [3.8, 4) is 0 Å². The van der Waals surface area contributed by atoms with Crippen molar-refractivity contribution in [2.45, 2.75) is 38.6 Å². The van der Waals surface area contributed by atoms with Crippen LogP contribution in [0.4, 0.5) is 5.69 Å². The maximum absolute atomic E-state index is 4.19. The van der Waals surface area contributed by atoms with E-state index in [2.05, 4.69) is 41.5 Å². The quantitative estimate of drug-likeness (QED) is 0.850. The second-order valence-corrected chi connectivity index (χ2v) is 5.41. The number of aromatic nitrogens is 1. The van der Waals surface area contributed by atoms with Crippen LogP contribution in [-0.4, -0.2) is 11.0 Å². The SMILES string of the molecule is CC1CCCCC1Nc1cccc2cnccc12. The van der Waals surface area contributed by atoms with Crippen molar-refractivity contribution in [1.29, 1.82) is 0 Å². The molecule has 0 spiro atoms. The lowest BCUT2D eigenvalue weighted by molar-refractivity contribution is 0.350. The van der Waals surface area contributed by atoms with Gasteiger partial charge in [0.15, 0.2) is 0 Å². The lowest BCUT2D eigenvalue weighted by Crippen LogP contribution is -2.30. The number of pyridine rings is 1. The Morgan fingerprint density at radius 3 is 2.94 bits per heavy atom. The maximum atomic E-state index is 4.19. The number of hydrogen-bond acceptors (Lipinski definition) is 2. The average molecular weight is 240 g/mol. The summed E-state index contributed by atoms with van der Waals surface area (Å²) in [6.45, 7) is 2.36. The fourth-order valence-corrected chi connectivity index (χ4v) is 2.98. The fourth-order valence-electron chi connectivity index (χ4n) is 2.98. The number of hydrogen-bond donors (Lipinski definition) is 1. The highest BCUT2D eigenvalue weighted by atomic mass is 14.9. The molecule has 2 unspecified atom stereocenters. The first-order chi connectivity index (χ1) is 8.84. The number of rotatable bonds is 2. The molecule has 2 heteroatoms. The molecule has 1 N–H and O–H groups in total. The zero-order valence-corrected chi connectivity index (χ0v) is 10.9. The van der Waals surface area contributed by atoms with E-state index in [0.29, 0.717) is 6.04 Å². The van der Waals surface area contributed by atoms with E-state index in [-0.39, 0.29) is 0 Å². The summed E-state index contributed by atoms with van der Waals surface area (Å²) in [5.41, 5.74) is 1.26. The van der Waals surface area contributed by atoms with E-state index in [1.165, 1.54) is 42.1 Å². The summed E-state index contributed by atoms with van der Waals surface area (Å²) in [6.07, 6.45) is 9.20. The summed E-state index contributed by atoms with van der Waals surface area (Å²) in [4.78, 5) is 4.19. The van der Waals surface area contributed by atoms with Crippen LogP contribution < -0.4 is 5.32 Å². The first-order valence-electron chi connectivity index (χ1n) is 6.94. The lowest BCUT2D eigenvalue weighted by atomic mass is 9.85. The molecule has 0 bridgehead atoms. The Morgan fingerprint density at radius 1 is 1.17 bits per heavy atom. The molecule has 0 saturated heterocycles. The van der Waals surface area contributed by atoms with Gasteiger partial charge in [-0.25, -0.2) is 0 Å². The van der Waals surface area contributed by atoms with Gasteiger partial charge in [-0.2, -0.15) is 0 Å². The Kier molecular flexibility index (Phi) is 3.18. The van der Waals surface area contributed by atoms with Crippen LogP contribution in [0.1, 0.15) is 32.6 Å². The molecule has 1 fully saturated rings. The van der Waals surface area contributed by atoms with E-state index in [4.69, 9.17) is 0 Å². The number of nitrogens with zero attached hydrogens (tertiary/aromatic N) is 1. The van der Waals surface area contributed by atoms with Crippen LogP contribution >= 0.6 is 0 Å². The van der Waals surface area contributed by atoms with E-state index >= 15 is 0 Å². The van der Waals surface area contributed by atoms with Gasteiger partial charge in [-0.3, -0.25) is 4.98 Å². The van der Waals surface area contributed by atoms with Crippen molar-refractivity contribution in [3.63, 3.8) is 0 Å². The molecular formula is C16H20N2. The zero-order chi connectivity index (χ0) is 12.4. The predicted octanol–water partition coefficient (Wildman–Crippen LogP) is 4.23. The molecule has 1 heterocycles. The molecular weight excluding hydrogens is 220 g/mol. The number of fused-ring (bicyclic) bond motifs is 1. The summed E-state index contributed by atoms with van der Waals surface area (Å²) in [7, 11) is 0. The van der Waals surface area contributed by atoms with Gasteiger partial charge in [0.05, 0.1) is 0 Å². The monoisotopic (exact) mass is 240 g/mol. The highest BCUT2D eigenvalue weighted by molar-refractivity contribution is 5.93. The molecule has 0 amide bonds. The summed E-state index contributed by atoms with van der Waals surface area (Å²) >= 11 is 0. The normalized spacial score (nSPS) is 24.1. The molecule has 0 radical (unpaired) electrons. The van der Waals surface area contributed by atoms with Crippen molar-refractivity contribution in [2.75, 3.05) is 5.32 Å². The molecule has 3 rings (SSSR count). The van der Waals surface area contributed by atoms with Gasteiger partial charge in [-0.1, -0.05) is 31.9 Å². The fraction of sp³-hybridized carbons (Fsp3) is 0.438. The predicted molar refractivity (Wildman–Crippen MR) is 76.8 cm³/mol. The first-order valence-corrected chi connectivity index (χ1v) is 6.94. The maximum Gasteiger partial charge on any atom is 0.0423 e. The zero-order valence-electron chi connectivity index (χ0n) is 10.9. The third-order valence-electron chi connectivity index (χ3n) is 4.13. The smallest absolute Gasteiger partial charge is 0.0423 e. The molecule has 1 aromatic carbocycles. The molecule has 1 saturated carbocycles. The third-order valence-corrected chi connectivity index (χ3v) is 4.13. The molecule has 1 aliphatic rings. The van der Waals surface area contributed by atoms with Gasteiger partial charge in [0.1, 0.15) is 0 Å². The van der Waals surface area contributed by atoms with Crippen LogP contribution in [0.25, 0.3) is 10.8 Å². The van der Waals surface area contributed by atoms with E-state index in [9.17, 15) is 0 Å². The Morgan fingerprint density at radius 2 is 2.06 bits per heavy atom. The van der Waals surface area contributed by atoms with Crippen molar-refractivity contribution < 1.29 is 0 Å². The standard InChI is InChI=1S/C16H20N2/c1-12-5-2-3-7-15(12)18-16-8-4-6-13-11-17-10-9-14(13)16/h4,6,8-12,15,18H,2-3,5,7H2,1H3. The second-order valence-electron chi connectivity index (χ2n) is 5.41. The minimum atomic E-state index is 0.623. The van der Waals surface area contributed by atoms with Crippen LogP contribution in [-0.2, 0) is 0 Å². The average Bonchev–Trinajstić information content (AvgIpc) is 2.42. The minimum absolute atomic E-state index is 0.623. The van der Waals surface area contributed by atoms with Crippen LogP contribution in [0.2, 0.25) is 0 Å². The van der Waals surface area contributed by atoms with Gasteiger partial charge in [-0.15, -0.1) is 0 Å². The highest BCUT2D eigenvalue weighted by Crippen LogP contribution is 2.29. The third kappa shape index (κ3) is 2.20. The summed E-state index contributed by atoms with van der Waals surface area (Å²) < 4.78 is 0. The number of nitrogens with one attached hydrogen (secondary N) is 1. The lowest BCUT2D eigenvalue weighted by Gasteiger charge is -2.30. The largest absolute Gasteiger partial charge is 0.382 e. The highest BCUT2D eigenvalue weighted by Gasteiger charge is 2.21. The first kappa shape index (κ1) is 11.5. The molecule has 1 aliphatic carbocycles. The summed E-state index contributed by atoms with van der Waals surface area (Å²) in [5.74, 6) is 0.774. The molecule has 1 aromatic heterocycles. The van der Waals surface area contributed by atoms with Gasteiger partial charge in [0, 0.05) is 34.9 Å². The molecule has 2 atom stereocenters. The van der Waals surface area contributed by atoms with Gasteiger partial charge >= 0.3 is 0 Å². The van der Waals surface area contributed by atoms with Crippen LogP contribution in [0, 0.1) is 5.92 Å². The van der Waals surface area contributed by atoms with Gasteiger partial charge in [-0.05, 0) is 30.9 Å². The molecule has 18 heavy (non-hydrogen) atoms. The Labute approximate surface area is 108 Å². The van der Waals surface area contributed by atoms with Crippen LogP contribution in [0.15, 0.2) is 36.7 Å². The molecule has 2 nitrogen and oxygen atoms in total. The van der Waals surface area contributed by atoms with Gasteiger partial charge in [0.2, 0.25) is 0 Å². The van der Waals surface area contributed by atoms with Gasteiger partial charge in [0.25, 0.3) is 0 Å². The van der Waals surface area contributed by atoms with Gasteiger partial charge < -0.3 is 5.32 Å². The van der Waals surface area contributed by atoms with Crippen molar-refractivity contribution in [3.05, 3.63) is 36.7 Å². The Bertz CT molecular complexity index is 530. The Balaban J connectivity index is 1.90. The van der Waals surface area contributed by atoms with Crippen LogP contribution in [0.3, 0.4) is 0 Å². The van der Waals surface area contributed by atoms with E-state index in [0.717, 1.165) is 5.92 Å². The molecule has 94 valence electrons. The van der Waals surface area contributed by atoms with Crippen LogP contribution in [0.5, 0.6) is 0 Å². The summed E-state index contributed by atoms with van der Waals surface area (Å²) in [6, 6.07) is 9.14. The van der Waals surface area contributed by atoms with Crippen molar-refractivity contribution >= 4 is 16.5 Å². The minimum Gasteiger partial charge on any atom is -0.382 e. The number of anilines is 1. The van der Waals surface area contributed by atoms with Crippen molar-refractivity contribution in [2.24, 2.45) is 5.92 Å². The van der Waals surface area contributed by atoms with E-state index in [1.807, 2.05) is 12.4 Å². The second kappa shape index (κ2) is 4.97. The van der Waals surface area contributed by atoms with E-state index in [1.54, 1.807) is 0 Å². The van der Waals surface area contributed by atoms with E-state index < -0.39 is 0 Å². The topological polar surface area (TPSA) is 24.9 Å². The molecule has 0 aliphatic heterocycles. The summed E-state index contributed by atoms with van der Waals surface area (Å²) in [5, 5.41) is 6.24. The Hall–Kier alpha value is -1.57. The number of benzene rings is 1.